The summed E-state index contributed by atoms with van der Waals surface area (Å²) in [5.74, 6) is -3.12. The summed E-state index contributed by atoms with van der Waals surface area (Å²) in [7, 11) is 0. The van der Waals surface area contributed by atoms with E-state index < -0.39 is 24.7 Å². The summed E-state index contributed by atoms with van der Waals surface area (Å²) in [6.45, 7) is 8.82. The van der Waals surface area contributed by atoms with Crippen molar-refractivity contribution < 1.29 is 26.3 Å². The first-order valence-electron chi connectivity index (χ1n) is 15.6. The zero-order chi connectivity index (χ0) is 32.3. The summed E-state index contributed by atoms with van der Waals surface area (Å²) in [5.41, 5.74) is 5.70. The van der Waals surface area contributed by atoms with Gasteiger partial charge >= 0.3 is 12.4 Å². The van der Waals surface area contributed by atoms with E-state index in [1.165, 1.54) is 37.5 Å². The minimum absolute atomic E-state index is 0.0491. The summed E-state index contributed by atoms with van der Waals surface area (Å²) in [4.78, 5) is 4.88. The lowest BCUT2D eigenvalue weighted by molar-refractivity contribution is -0.286. The Kier molecular flexibility index (Phi) is 8.20. The van der Waals surface area contributed by atoms with E-state index in [0.29, 0.717) is 12.8 Å². The van der Waals surface area contributed by atoms with E-state index in [-0.39, 0.29) is 23.7 Å². The van der Waals surface area contributed by atoms with E-state index >= 15 is 0 Å². The van der Waals surface area contributed by atoms with Crippen LogP contribution in [0.5, 0.6) is 0 Å². The molecule has 0 aliphatic heterocycles. The molecule has 6 rings (SSSR count). The van der Waals surface area contributed by atoms with Gasteiger partial charge in [-0.05, 0) is 108 Å². The van der Waals surface area contributed by atoms with Gasteiger partial charge in [-0.2, -0.15) is 26.3 Å². The van der Waals surface area contributed by atoms with Gasteiger partial charge in [0.15, 0.2) is 5.92 Å². The van der Waals surface area contributed by atoms with Gasteiger partial charge in [0.1, 0.15) is 0 Å². The molecular weight excluding hydrogens is 604 g/mol. The smallest absolute Gasteiger partial charge is 0.255 e. The minimum atomic E-state index is -5.26. The number of halogens is 6. The lowest BCUT2D eigenvalue weighted by atomic mass is 9.75. The second kappa shape index (κ2) is 11.6. The first-order chi connectivity index (χ1) is 21.1. The summed E-state index contributed by atoms with van der Waals surface area (Å²) in [6, 6.07) is 19.4. The largest absolute Gasteiger partial charge is 0.400 e. The maximum atomic E-state index is 13.0. The predicted octanol–water partition coefficient (Wildman–Crippen LogP) is 12.7. The normalized spacial score (nSPS) is 18.5. The summed E-state index contributed by atoms with van der Waals surface area (Å²) in [6.07, 6.45) is -6.76. The number of pyridine rings is 1. The van der Waals surface area contributed by atoms with Crippen LogP contribution in [0.3, 0.4) is 0 Å². The van der Waals surface area contributed by atoms with Crippen LogP contribution in [0.4, 0.5) is 26.3 Å². The highest BCUT2D eigenvalue weighted by atomic mass is 32.1. The van der Waals surface area contributed by atoms with Crippen molar-refractivity contribution >= 4 is 42.3 Å². The third-order valence-corrected chi connectivity index (χ3v) is 11.1. The maximum absolute atomic E-state index is 13.0. The predicted molar refractivity (Wildman–Crippen MR) is 173 cm³/mol. The first-order valence-corrected chi connectivity index (χ1v) is 16.4. The molecule has 0 atom stereocenters. The summed E-state index contributed by atoms with van der Waals surface area (Å²) in [5, 5.41) is 4.76. The SMILES string of the molecule is Cc1c(C2CCC(CCC(C(F)(F)F)C(F)(F)F)CC2)ccc2c1sc1c(-c3cc(C(C)(C)C)c4ccccc4c3)nccc12. The third kappa shape index (κ3) is 6.19. The van der Waals surface area contributed by atoms with Crippen molar-refractivity contribution in [3.05, 3.63) is 77.5 Å². The first kappa shape index (κ1) is 31.8. The average Bonchev–Trinajstić information content (AvgIpc) is 3.35. The van der Waals surface area contributed by atoms with Crippen molar-refractivity contribution in [2.24, 2.45) is 11.8 Å². The highest BCUT2D eigenvalue weighted by Gasteiger charge is 2.56. The average molecular weight is 642 g/mol. The Hall–Kier alpha value is -3.13. The van der Waals surface area contributed by atoms with Crippen molar-refractivity contribution in [1.29, 1.82) is 0 Å². The number of fused-ring (bicyclic) bond motifs is 4. The molecule has 2 aromatic heterocycles. The Bertz CT molecular complexity index is 1840. The van der Waals surface area contributed by atoms with E-state index in [0.717, 1.165) is 34.2 Å². The van der Waals surface area contributed by atoms with Crippen LogP contribution in [0.2, 0.25) is 0 Å². The molecule has 1 nitrogen and oxygen atoms in total. The number of aryl methyl sites for hydroxylation is 1. The van der Waals surface area contributed by atoms with Gasteiger partial charge in [0.05, 0.1) is 10.4 Å². The Morgan fingerprint density at radius 1 is 0.800 bits per heavy atom. The maximum Gasteiger partial charge on any atom is 0.400 e. The van der Waals surface area contributed by atoms with E-state index in [4.69, 9.17) is 4.98 Å². The highest BCUT2D eigenvalue weighted by Crippen LogP contribution is 2.47. The highest BCUT2D eigenvalue weighted by molar-refractivity contribution is 7.26. The molecule has 5 aromatic rings. The molecule has 1 saturated carbocycles. The van der Waals surface area contributed by atoms with Crippen LogP contribution in [0.1, 0.15) is 81.9 Å². The Morgan fingerprint density at radius 2 is 1.47 bits per heavy atom. The fourth-order valence-corrected chi connectivity index (χ4v) is 8.63. The molecule has 2 heterocycles. The molecule has 0 saturated heterocycles. The van der Waals surface area contributed by atoms with Gasteiger partial charge < -0.3 is 0 Å². The van der Waals surface area contributed by atoms with Gasteiger partial charge in [0.25, 0.3) is 0 Å². The zero-order valence-corrected chi connectivity index (χ0v) is 26.7. The van der Waals surface area contributed by atoms with Gasteiger partial charge in [-0.15, -0.1) is 11.3 Å². The number of hydrogen-bond acceptors (Lipinski definition) is 2. The van der Waals surface area contributed by atoms with Crippen LogP contribution < -0.4 is 0 Å². The number of alkyl halides is 6. The molecular formula is C37H37F6NS. The molecule has 1 aliphatic rings. The molecule has 3 aromatic carbocycles. The summed E-state index contributed by atoms with van der Waals surface area (Å²) >= 11 is 1.75. The molecule has 45 heavy (non-hydrogen) atoms. The Labute approximate surface area is 263 Å². The van der Waals surface area contributed by atoms with Crippen LogP contribution in [-0.2, 0) is 5.41 Å². The number of hydrogen-bond donors (Lipinski definition) is 0. The quantitative estimate of drug-likeness (QED) is 0.174. The van der Waals surface area contributed by atoms with E-state index in [1.54, 1.807) is 11.3 Å². The molecule has 0 spiro atoms. The molecule has 238 valence electrons. The zero-order valence-electron chi connectivity index (χ0n) is 25.9. The van der Waals surface area contributed by atoms with Gasteiger partial charge in [-0.3, -0.25) is 4.98 Å². The molecule has 1 aliphatic carbocycles. The second-order valence-corrected chi connectivity index (χ2v) is 14.7. The van der Waals surface area contributed by atoms with Crippen LogP contribution >= 0.6 is 11.3 Å². The third-order valence-electron chi connectivity index (χ3n) is 9.73. The number of nitrogens with zero attached hydrogens (tertiary/aromatic N) is 1. The van der Waals surface area contributed by atoms with Crippen molar-refractivity contribution in [1.82, 2.24) is 4.98 Å². The monoisotopic (exact) mass is 641 g/mol. The molecule has 0 N–H and O–H groups in total. The molecule has 1 fully saturated rings. The van der Waals surface area contributed by atoms with E-state index in [9.17, 15) is 26.3 Å². The van der Waals surface area contributed by atoms with E-state index in [2.05, 4.69) is 82.3 Å². The van der Waals surface area contributed by atoms with Crippen molar-refractivity contribution in [2.75, 3.05) is 0 Å². The summed E-state index contributed by atoms with van der Waals surface area (Å²) < 4.78 is 80.5. The van der Waals surface area contributed by atoms with Gasteiger partial charge in [-0.25, -0.2) is 0 Å². The van der Waals surface area contributed by atoms with Gasteiger partial charge in [0, 0.05) is 27.2 Å². The number of benzene rings is 3. The van der Waals surface area contributed by atoms with Crippen LogP contribution in [-0.4, -0.2) is 17.3 Å². The Balaban J connectivity index is 1.28. The topological polar surface area (TPSA) is 12.9 Å². The van der Waals surface area contributed by atoms with E-state index in [1.807, 2.05) is 6.20 Å². The minimum Gasteiger partial charge on any atom is -0.255 e. The number of rotatable bonds is 5. The Morgan fingerprint density at radius 3 is 2.13 bits per heavy atom. The molecule has 0 unspecified atom stereocenters. The molecule has 0 bridgehead atoms. The van der Waals surface area contributed by atoms with Crippen LogP contribution in [0, 0.1) is 18.8 Å². The lowest BCUT2D eigenvalue weighted by Crippen LogP contribution is -2.36. The number of aromatic nitrogens is 1. The van der Waals surface area contributed by atoms with Gasteiger partial charge in [0.2, 0.25) is 0 Å². The number of thiophene rings is 1. The fraction of sp³-hybridized carbons (Fsp3) is 0.432. The van der Waals surface area contributed by atoms with Crippen molar-refractivity contribution in [3.63, 3.8) is 0 Å². The van der Waals surface area contributed by atoms with Crippen molar-refractivity contribution in [2.45, 2.75) is 89.9 Å². The molecule has 8 heteroatoms. The molecule has 0 amide bonds. The second-order valence-electron chi connectivity index (χ2n) is 13.7. The van der Waals surface area contributed by atoms with Gasteiger partial charge in [-0.1, -0.05) is 57.2 Å². The van der Waals surface area contributed by atoms with Crippen LogP contribution in [0.15, 0.2) is 60.8 Å². The van der Waals surface area contributed by atoms with Crippen LogP contribution in [0.25, 0.3) is 42.2 Å². The fourth-order valence-electron chi connectivity index (χ4n) is 7.31. The molecule has 0 radical (unpaired) electrons. The lowest BCUT2D eigenvalue weighted by Gasteiger charge is -2.31. The van der Waals surface area contributed by atoms with Crippen molar-refractivity contribution in [3.8, 4) is 11.3 Å². The standard InChI is InChI=1S/C37H37F6NS/c1-21-26(23-12-9-22(10-13-23)11-16-31(36(38,39)40)37(41,42)43)14-15-28-29-17-18-44-32(34(29)45-33(21)28)25-19-24-7-5-6-8-27(24)30(20-25)35(2,3)4/h5-8,14-15,17-20,22-23,31H,9-13,16H2,1-4H3.